The Hall–Kier alpha value is -1.54. The molecule has 1 atom stereocenters. The lowest BCUT2D eigenvalue weighted by Crippen LogP contribution is -2.30. The normalized spacial score (nSPS) is 11.8. The Balaban J connectivity index is 2.41. The topological polar surface area (TPSA) is 52.9 Å². The lowest BCUT2D eigenvalue weighted by Gasteiger charge is -2.18. The summed E-state index contributed by atoms with van der Waals surface area (Å²) in [7, 11) is 1.94. The van der Waals surface area contributed by atoms with Gasteiger partial charge in [-0.3, -0.25) is 0 Å². The first kappa shape index (κ1) is 15.5. The van der Waals surface area contributed by atoms with Crippen molar-refractivity contribution in [3.63, 3.8) is 0 Å². The highest BCUT2D eigenvalue weighted by Crippen LogP contribution is 2.12. The third kappa shape index (κ3) is 6.82. The molecule has 0 bridgehead atoms. The number of aliphatic hydroxyl groups is 2. The first-order valence-electron chi connectivity index (χ1n) is 6.31. The van der Waals surface area contributed by atoms with Crippen LogP contribution in [0.5, 0.6) is 5.75 Å². The molecule has 0 spiro atoms. The van der Waals surface area contributed by atoms with Crippen LogP contribution in [0.1, 0.15) is 12.5 Å². The summed E-state index contributed by atoms with van der Waals surface area (Å²) < 4.78 is 5.63. The van der Waals surface area contributed by atoms with Crippen molar-refractivity contribution in [1.82, 2.24) is 4.90 Å². The Morgan fingerprint density at radius 1 is 1.42 bits per heavy atom. The Morgan fingerprint density at radius 2 is 2.21 bits per heavy atom. The van der Waals surface area contributed by atoms with Crippen LogP contribution in [0, 0.1) is 11.8 Å². The van der Waals surface area contributed by atoms with Gasteiger partial charge in [-0.2, -0.15) is 0 Å². The van der Waals surface area contributed by atoms with Gasteiger partial charge in [0.05, 0.1) is 6.10 Å². The van der Waals surface area contributed by atoms with Gasteiger partial charge in [0.2, 0.25) is 0 Å². The maximum Gasteiger partial charge on any atom is 0.120 e. The minimum atomic E-state index is -0.331. The summed E-state index contributed by atoms with van der Waals surface area (Å²) in [5.74, 6) is 6.20. The van der Waals surface area contributed by atoms with E-state index in [9.17, 15) is 5.11 Å². The zero-order valence-electron chi connectivity index (χ0n) is 11.5. The summed E-state index contributed by atoms with van der Waals surface area (Å²) >= 11 is 0. The van der Waals surface area contributed by atoms with Gasteiger partial charge in [-0.1, -0.05) is 17.9 Å². The molecule has 0 aromatic heterocycles. The van der Waals surface area contributed by atoms with Crippen LogP contribution >= 0.6 is 0 Å². The van der Waals surface area contributed by atoms with E-state index in [1.807, 2.05) is 36.2 Å². The Morgan fingerprint density at radius 3 is 2.89 bits per heavy atom. The average Bonchev–Trinajstić information content (AvgIpc) is 2.36. The van der Waals surface area contributed by atoms with Crippen LogP contribution in [0.3, 0.4) is 0 Å². The van der Waals surface area contributed by atoms with E-state index in [1.54, 1.807) is 6.92 Å². The predicted molar refractivity (Wildman–Crippen MR) is 75.1 cm³/mol. The lowest BCUT2D eigenvalue weighted by molar-refractivity contribution is 0.131. The van der Waals surface area contributed by atoms with Crippen LogP contribution < -0.4 is 4.74 Å². The number of likely N-dealkylation sites (N-methyl/N-ethyl adjacent to an activating group) is 1. The number of nitrogens with zero attached hydrogens (tertiary/aromatic N) is 1. The van der Waals surface area contributed by atoms with Gasteiger partial charge in [-0.05, 0) is 32.2 Å². The molecule has 1 rings (SSSR count). The van der Waals surface area contributed by atoms with E-state index >= 15 is 0 Å². The molecule has 0 radical (unpaired) electrons. The first-order chi connectivity index (χ1) is 9.11. The van der Waals surface area contributed by atoms with Crippen molar-refractivity contribution < 1.29 is 14.9 Å². The first-order valence-corrected chi connectivity index (χ1v) is 6.31. The number of hydrogen-bond acceptors (Lipinski definition) is 4. The third-order valence-corrected chi connectivity index (χ3v) is 2.46. The van der Waals surface area contributed by atoms with Crippen molar-refractivity contribution in [3.05, 3.63) is 29.8 Å². The molecule has 4 heteroatoms. The summed E-state index contributed by atoms with van der Waals surface area (Å²) in [5.41, 5.74) is 0.823. The van der Waals surface area contributed by atoms with E-state index in [0.717, 1.165) is 17.9 Å². The van der Waals surface area contributed by atoms with Crippen molar-refractivity contribution in [2.75, 3.05) is 33.4 Å². The molecule has 0 heterocycles. The molecule has 0 fully saturated rings. The SMILES string of the molecule is CC(O)CN(C)CCOc1cccc(C#CCO)c1. The van der Waals surface area contributed by atoms with Crippen LogP contribution in [-0.2, 0) is 0 Å². The van der Waals surface area contributed by atoms with Gasteiger partial charge in [-0.25, -0.2) is 0 Å². The van der Waals surface area contributed by atoms with E-state index < -0.39 is 0 Å². The molecule has 104 valence electrons. The Labute approximate surface area is 114 Å². The highest BCUT2D eigenvalue weighted by atomic mass is 16.5. The predicted octanol–water partition coefficient (Wildman–Crippen LogP) is 0.722. The van der Waals surface area contributed by atoms with Crippen LogP contribution in [0.4, 0.5) is 0 Å². The van der Waals surface area contributed by atoms with Crippen LogP contribution in [0.15, 0.2) is 24.3 Å². The molecule has 0 saturated carbocycles. The van der Waals surface area contributed by atoms with E-state index in [-0.39, 0.29) is 12.7 Å². The van der Waals surface area contributed by atoms with E-state index in [0.29, 0.717) is 13.2 Å². The summed E-state index contributed by atoms with van der Waals surface area (Å²) in [5, 5.41) is 17.9. The second-order valence-electron chi connectivity index (χ2n) is 4.45. The molecule has 1 aromatic carbocycles. The number of aliphatic hydroxyl groups excluding tert-OH is 2. The van der Waals surface area contributed by atoms with Crippen molar-refractivity contribution in [2.45, 2.75) is 13.0 Å². The summed E-state index contributed by atoms with van der Waals surface area (Å²) in [6.45, 7) is 3.55. The minimum Gasteiger partial charge on any atom is -0.492 e. The van der Waals surface area contributed by atoms with Crippen molar-refractivity contribution in [3.8, 4) is 17.6 Å². The van der Waals surface area contributed by atoms with E-state index in [4.69, 9.17) is 9.84 Å². The standard InChI is InChI=1S/C15H21NO3/c1-13(18)12-16(2)8-10-19-15-7-3-5-14(11-15)6-4-9-17/h3,5,7,11,13,17-18H,8-10,12H2,1-2H3. The maximum atomic E-state index is 9.24. The van der Waals surface area contributed by atoms with Gasteiger partial charge in [0.1, 0.15) is 19.0 Å². The molecule has 0 aliphatic heterocycles. The number of ether oxygens (including phenoxy) is 1. The second kappa shape index (κ2) is 8.54. The van der Waals surface area contributed by atoms with Gasteiger partial charge in [0, 0.05) is 18.7 Å². The van der Waals surface area contributed by atoms with Gasteiger partial charge in [0.15, 0.2) is 0 Å². The molecule has 0 saturated heterocycles. The molecule has 19 heavy (non-hydrogen) atoms. The second-order valence-corrected chi connectivity index (χ2v) is 4.45. The van der Waals surface area contributed by atoms with Gasteiger partial charge < -0.3 is 19.8 Å². The highest BCUT2D eigenvalue weighted by molar-refractivity contribution is 5.39. The summed E-state index contributed by atoms with van der Waals surface area (Å²) in [4.78, 5) is 2.01. The fraction of sp³-hybridized carbons (Fsp3) is 0.467. The fourth-order valence-corrected chi connectivity index (χ4v) is 1.67. The molecule has 0 amide bonds. The lowest BCUT2D eigenvalue weighted by atomic mass is 10.2. The minimum absolute atomic E-state index is 0.144. The van der Waals surface area contributed by atoms with Crippen LogP contribution in [-0.4, -0.2) is 54.6 Å². The summed E-state index contributed by atoms with van der Waals surface area (Å²) in [6.07, 6.45) is -0.331. The Kier molecular flexibility index (Phi) is 6.98. The van der Waals surface area contributed by atoms with Crippen LogP contribution in [0.25, 0.3) is 0 Å². The number of rotatable bonds is 6. The molecule has 2 N–H and O–H groups in total. The van der Waals surface area contributed by atoms with Gasteiger partial charge >= 0.3 is 0 Å². The fourth-order valence-electron chi connectivity index (χ4n) is 1.67. The molecule has 1 unspecified atom stereocenters. The highest BCUT2D eigenvalue weighted by Gasteiger charge is 2.03. The molecule has 0 aliphatic rings. The maximum absolute atomic E-state index is 9.24. The van der Waals surface area contributed by atoms with E-state index in [2.05, 4.69) is 11.8 Å². The number of benzene rings is 1. The van der Waals surface area contributed by atoms with Gasteiger partial charge in [-0.15, -0.1) is 0 Å². The molecule has 4 nitrogen and oxygen atoms in total. The quantitative estimate of drug-likeness (QED) is 0.743. The van der Waals surface area contributed by atoms with E-state index in [1.165, 1.54) is 0 Å². The average molecular weight is 263 g/mol. The van der Waals surface area contributed by atoms with Crippen molar-refractivity contribution >= 4 is 0 Å². The zero-order chi connectivity index (χ0) is 14.1. The molecule has 0 aliphatic carbocycles. The smallest absolute Gasteiger partial charge is 0.120 e. The molecule has 1 aromatic rings. The van der Waals surface area contributed by atoms with Gasteiger partial charge in [0.25, 0.3) is 0 Å². The largest absolute Gasteiger partial charge is 0.492 e. The third-order valence-electron chi connectivity index (χ3n) is 2.46. The van der Waals surface area contributed by atoms with Crippen molar-refractivity contribution in [1.29, 1.82) is 0 Å². The monoisotopic (exact) mass is 263 g/mol. The molecular formula is C15H21NO3. The zero-order valence-corrected chi connectivity index (χ0v) is 11.5. The van der Waals surface area contributed by atoms with Crippen molar-refractivity contribution in [2.24, 2.45) is 0 Å². The molecular weight excluding hydrogens is 242 g/mol. The van der Waals surface area contributed by atoms with Crippen LogP contribution in [0.2, 0.25) is 0 Å². The summed E-state index contributed by atoms with van der Waals surface area (Å²) in [6, 6.07) is 7.46. The Bertz CT molecular complexity index is 435. The number of hydrogen-bond donors (Lipinski definition) is 2.